The number of hydrogen-bond acceptors (Lipinski definition) is 3. The molecular formula is C18H13F7NO3. The molecule has 0 spiro atoms. The molecule has 2 rings (SSSR count). The predicted octanol–water partition coefficient (Wildman–Crippen LogP) is 5.81. The van der Waals surface area contributed by atoms with E-state index >= 15 is 0 Å². The summed E-state index contributed by atoms with van der Waals surface area (Å²) in [6.07, 6.45) is -12.6. The van der Waals surface area contributed by atoms with Gasteiger partial charge in [-0.2, -0.15) is 26.3 Å². The Kier molecular flexibility index (Phi) is 5.94. The smallest absolute Gasteiger partial charge is 0.380 e. The van der Waals surface area contributed by atoms with E-state index in [1.807, 2.05) is 0 Å². The Balaban J connectivity index is 2.93. The average Bonchev–Trinajstić information content (AvgIpc) is 2.59. The molecule has 0 aliphatic carbocycles. The van der Waals surface area contributed by atoms with Crippen molar-refractivity contribution in [1.82, 2.24) is 0 Å². The van der Waals surface area contributed by atoms with E-state index in [0.717, 1.165) is 38.3 Å². The minimum absolute atomic E-state index is 0.173. The van der Waals surface area contributed by atoms with Crippen LogP contribution in [0.25, 0.3) is 11.1 Å². The van der Waals surface area contributed by atoms with Crippen molar-refractivity contribution in [3.8, 4) is 11.1 Å². The summed E-state index contributed by atoms with van der Waals surface area (Å²) in [5.74, 6) is 0. The second-order valence-corrected chi connectivity index (χ2v) is 6.11. The van der Waals surface area contributed by atoms with Gasteiger partial charge in [-0.3, -0.25) is 10.1 Å². The zero-order valence-electron chi connectivity index (χ0n) is 14.9. The van der Waals surface area contributed by atoms with Gasteiger partial charge in [0, 0.05) is 24.8 Å². The van der Waals surface area contributed by atoms with Crippen LogP contribution >= 0.6 is 0 Å². The molecule has 0 aliphatic rings. The van der Waals surface area contributed by atoms with Crippen LogP contribution in [0.1, 0.15) is 16.7 Å². The van der Waals surface area contributed by atoms with Crippen molar-refractivity contribution in [3.05, 3.63) is 63.2 Å². The molecule has 0 N–H and O–H groups in total. The number of alkyl halides is 7. The number of nitrogens with zero attached hydrogens (tertiary/aromatic N) is 1. The van der Waals surface area contributed by atoms with Crippen LogP contribution in [0.15, 0.2) is 30.3 Å². The van der Waals surface area contributed by atoms with E-state index in [2.05, 4.69) is 6.07 Å². The molecule has 0 fully saturated rings. The average molecular weight is 424 g/mol. The molecule has 2 aromatic carbocycles. The largest absolute Gasteiger partial charge is 0.435 e. The van der Waals surface area contributed by atoms with Gasteiger partial charge in [-0.25, -0.2) is 4.39 Å². The highest BCUT2D eigenvalue weighted by Crippen LogP contribution is 2.56. The van der Waals surface area contributed by atoms with Gasteiger partial charge in [0.2, 0.25) is 0 Å². The first-order chi connectivity index (χ1) is 13.2. The number of hydrogen-bond donors (Lipinski definition) is 0. The van der Waals surface area contributed by atoms with E-state index < -0.39 is 46.4 Å². The molecule has 0 amide bonds. The minimum Gasteiger partial charge on any atom is -0.380 e. The van der Waals surface area contributed by atoms with Gasteiger partial charge in [-0.15, -0.1) is 0 Å². The Hall–Kier alpha value is -2.69. The third kappa shape index (κ3) is 4.04. The van der Waals surface area contributed by atoms with Crippen LogP contribution in [0, 0.1) is 23.1 Å². The van der Waals surface area contributed by atoms with Crippen molar-refractivity contribution < 1.29 is 40.4 Å². The molecule has 0 atom stereocenters. The van der Waals surface area contributed by atoms with E-state index in [-0.39, 0.29) is 16.7 Å². The molecule has 0 saturated heterocycles. The van der Waals surface area contributed by atoms with E-state index in [1.54, 1.807) is 0 Å². The van der Waals surface area contributed by atoms with Crippen molar-refractivity contribution in [3.63, 3.8) is 0 Å². The maximum absolute atomic E-state index is 14.9. The number of nitro benzene ring substituents is 1. The van der Waals surface area contributed by atoms with Gasteiger partial charge in [-0.1, -0.05) is 6.07 Å². The van der Waals surface area contributed by atoms with Crippen molar-refractivity contribution >= 4 is 5.69 Å². The molecule has 0 aromatic heterocycles. The Bertz CT molecular complexity index is 891. The number of ether oxygens (including phenoxy) is 1. The number of nitro groups is 1. The minimum atomic E-state index is -6.32. The first-order valence-corrected chi connectivity index (χ1v) is 7.86. The second-order valence-electron chi connectivity index (χ2n) is 6.11. The van der Waals surface area contributed by atoms with Gasteiger partial charge in [0.05, 0.1) is 11.5 Å². The molecule has 0 unspecified atom stereocenters. The van der Waals surface area contributed by atoms with Crippen LogP contribution in [0.3, 0.4) is 0 Å². The van der Waals surface area contributed by atoms with Gasteiger partial charge < -0.3 is 4.74 Å². The normalized spacial score (nSPS) is 12.9. The van der Waals surface area contributed by atoms with Crippen LogP contribution in [0.4, 0.5) is 36.4 Å². The van der Waals surface area contributed by atoms with Gasteiger partial charge in [0.25, 0.3) is 5.69 Å². The summed E-state index contributed by atoms with van der Waals surface area (Å²) in [6.45, 7) is 0.697. The standard InChI is InChI=1S/C18H13F7NO3/c1-10-7-12(9-29-2)15(11-3-5-13(6-4-11)26(27)28)14(8-10)16(19,17(20,21)22)18(23,24)25/h3-6,8H,9H2,1-2H3. The zero-order valence-corrected chi connectivity index (χ0v) is 14.9. The first-order valence-electron chi connectivity index (χ1n) is 7.86. The lowest BCUT2D eigenvalue weighted by atomic mass is 9.83. The lowest BCUT2D eigenvalue weighted by Gasteiger charge is -2.33. The van der Waals surface area contributed by atoms with Crippen LogP contribution in [0.2, 0.25) is 0 Å². The van der Waals surface area contributed by atoms with Gasteiger partial charge in [-0.05, 0) is 47.4 Å². The van der Waals surface area contributed by atoms with Gasteiger partial charge in [0.15, 0.2) is 0 Å². The van der Waals surface area contributed by atoms with Gasteiger partial charge in [0.1, 0.15) is 0 Å². The van der Waals surface area contributed by atoms with E-state index in [9.17, 15) is 40.8 Å². The summed E-state index contributed by atoms with van der Waals surface area (Å²) in [6, 6.07) is 6.63. The monoisotopic (exact) mass is 424 g/mol. The Morgan fingerprint density at radius 2 is 1.55 bits per heavy atom. The van der Waals surface area contributed by atoms with Gasteiger partial charge >= 0.3 is 18.0 Å². The molecule has 157 valence electrons. The topological polar surface area (TPSA) is 52.4 Å². The number of methoxy groups -OCH3 is 1. The second kappa shape index (κ2) is 7.62. The number of benzene rings is 2. The van der Waals surface area contributed by atoms with Crippen molar-refractivity contribution in [2.45, 2.75) is 31.6 Å². The molecule has 0 saturated carbocycles. The van der Waals surface area contributed by atoms with E-state index in [0.29, 0.717) is 6.07 Å². The molecule has 0 aliphatic heterocycles. The summed E-state index contributed by atoms with van der Waals surface area (Å²) in [7, 11) is 1.14. The summed E-state index contributed by atoms with van der Waals surface area (Å²) >= 11 is 0. The fourth-order valence-corrected chi connectivity index (χ4v) is 2.86. The zero-order chi connectivity index (χ0) is 22.2. The molecule has 4 nitrogen and oxygen atoms in total. The third-order valence-corrected chi connectivity index (χ3v) is 4.09. The quantitative estimate of drug-likeness (QED) is 0.346. The summed E-state index contributed by atoms with van der Waals surface area (Å²) in [5.41, 5.74) is -9.28. The van der Waals surface area contributed by atoms with Crippen molar-refractivity contribution in [2.75, 3.05) is 7.11 Å². The Labute approximate surface area is 160 Å². The molecule has 0 heterocycles. The number of aryl methyl sites for hydroxylation is 1. The number of rotatable bonds is 5. The molecule has 29 heavy (non-hydrogen) atoms. The van der Waals surface area contributed by atoms with Crippen molar-refractivity contribution in [2.24, 2.45) is 0 Å². The molecule has 11 heteroatoms. The SMILES string of the molecule is COCc1[c]c(C)cc(C(F)(C(F)(F)F)C(F)(F)F)c1-c1ccc([N+](=O)[O-])cc1. The summed E-state index contributed by atoms with van der Waals surface area (Å²) in [4.78, 5) is 9.98. The summed E-state index contributed by atoms with van der Waals surface area (Å²) in [5, 5.41) is 10.8. The lowest BCUT2D eigenvalue weighted by molar-refractivity contribution is -0.384. The Morgan fingerprint density at radius 1 is 1.03 bits per heavy atom. The molecule has 2 aromatic rings. The fraction of sp³-hybridized carbons (Fsp3) is 0.333. The Morgan fingerprint density at radius 3 is 1.97 bits per heavy atom. The molecule has 0 bridgehead atoms. The number of halogens is 7. The van der Waals surface area contributed by atoms with Crippen LogP contribution in [-0.2, 0) is 17.0 Å². The maximum atomic E-state index is 14.9. The van der Waals surface area contributed by atoms with E-state index in [4.69, 9.17) is 4.74 Å². The predicted molar refractivity (Wildman–Crippen MR) is 87.7 cm³/mol. The maximum Gasteiger partial charge on any atom is 0.435 e. The number of non-ortho nitro benzene ring substituents is 1. The fourth-order valence-electron chi connectivity index (χ4n) is 2.86. The first kappa shape index (κ1) is 22.6. The highest BCUT2D eigenvalue weighted by Gasteiger charge is 2.74. The van der Waals surface area contributed by atoms with Crippen LogP contribution in [-0.4, -0.2) is 24.4 Å². The van der Waals surface area contributed by atoms with Crippen LogP contribution < -0.4 is 0 Å². The molecular weight excluding hydrogens is 411 g/mol. The summed E-state index contributed by atoms with van der Waals surface area (Å²) < 4.78 is 100.0. The lowest BCUT2D eigenvalue weighted by Crippen LogP contribution is -2.50. The highest BCUT2D eigenvalue weighted by molar-refractivity contribution is 5.74. The van der Waals surface area contributed by atoms with E-state index in [1.165, 1.54) is 0 Å². The highest BCUT2D eigenvalue weighted by atomic mass is 19.4. The van der Waals surface area contributed by atoms with Crippen molar-refractivity contribution in [1.29, 1.82) is 0 Å². The van der Waals surface area contributed by atoms with Crippen LogP contribution in [0.5, 0.6) is 0 Å². The third-order valence-electron chi connectivity index (χ3n) is 4.09. The molecule has 1 radical (unpaired) electrons.